The highest BCUT2D eigenvalue weighted by Gasteiger charge is 2.13. The van der Waals surface area contributed by atoms with Gasteiger partial charge in [-0.2, -0.15) is 0 Å². The van der Waals surface area contributed by atoms with E-state index in [2.05, 4.69) is 9.44 Å². The van der Waals surface area contributed by atoms with Crippen LogP contribution in [0.25, 0.3) is 0 Å². The minimum atomic E-state index is -3.62. The van der Waals surface area contributed by atoms with E-state index in [1.54, 1.807) is 0 Å². The normalized spacial score (nSPS) is 12.0. The van der Waals surface area contributed by atoms with Gasteiger partial charge in [-0.15, -0.1) is 0 Å². The minimum Gasteiger partial charge on any atom is -0.492 e. The van der Waals surface area contributed by atoms with Crippen molar-refractivity contribution in [2.45, 2.75) is 11.4 Å². The SMILES string of the molecule is CS(=O)(=O)NCCOc1ccc(S(=O)(=O)NCc2ccccc2)cc1. The molecule has 2 aromatic carbocycles. The molecule has 0 fully saturated rings. The number of ether oxygens (including phenoxy) is 1. The molecule has 136 valence electrons. The van der Waals surface area contributed by atoms with Crippen LogP contribution in [0.5, 0.6) is 5.75 Å². The lowest BCUT2D eigenvalue weighted by molar-refractivity contribution is 0.322. The molecule has 0 amide bonds. The molecule has 2 aromatic rings. The zero-order chi connectivity index (χ0) is 18.3. The van der Waals surface area contributed by atoms with Crippen LogP contribution in [0.1, 0.15) is 5.56 Å². The van der Waals surface area contributed by atoms with Crippen LogP contribution in [-0.4, -0.2) is 36.2 Å². The summed E-state index contributed by atoms with van der Waals surface area (Å²) in [6, 6.07) is 15.1. The van der Waals surface area contributed by atoms with Crippen LogP contribution in [-0.2, 0) is 26.6 Å². The Labute approximate surface area is 148 Å². The first-order valence-electron chi connectivity index (χ1n) is 7.47. The molecule has 2 rings (SSSR count). The highest BCUT2D eigenvalue weighted by atomic mass is 32.2. The molecule has 0 aliphatic rings. The monoisotopic (exact) mass is 384 g/mol. The van der Waals surface area contributed by atoms with Gasteiger partial charge < -0.3 is 4.74 Å². The Morgan fingerprint density at radius 3 is 2.12 bits per heavy atom. The summed E-state index contributed by atoms with van der Waals surface area (Å²) in [5.41, 5.74) is 0.865. The van der Waals surface area contributed by atoms with E-state index in [4.69, 9.17) is 4.74 Å². The van der Waals surface area contributed by atoms with Crippen molar-refractivity contribution in [2.75, 3.05) is 19.4 Å². The molecule has 0 bridgehead atoms. The molecule has 9 heteroatoms. The zero-order valence-corrected chi connectivity index (χ0v) is 15.3. The summed E-state index contributed by atoms with van der Waals surface area (Å²) in [6.07, 6.45) is 1.06. The van der Waals surface area contributed by atoms with E-state index >= 15 is 0 Å². The predicted octanol–water partition coefficient (Wildman–Crippen LogP) is 1.09. The first-order chi connectivity index (χ1) is 11.8. The van der Waals surface area contributed by atoms with Gasteiger partial charge in [0.15, 0.2) is 0 Å². The molecule has 0 saturated heterocycles. The highest BCUT2D eigenvalue weighted by Crippen LogP contribution is 2.16. The van der Waals surface area contributed by atoms with Gasteiger partial charge in [0.05, 0.1) is 11.2 Å². The average molecular weight is 384 g/mol. The van der Waals surface area contributed by atoms with Crippen LogP contribution in [0.3, 0.4) is 0 Å². The summed E-state index contributed by atoms with van der Waals surface area (Å²) in [4.78, 5) is 0.130. The van der Waals surface area contributed by atoms with Crippen LogP contribution in [0.2, 0.25) is 0 Å². The van der Waals surface area contributed by atoms with Crippen molar-refractivity contribution in [3.63, 3.8) is 0 Å². The van der Waals surface area contributed by atoms with Gasteiger partial charge in [0.1, 0.15) is 12.4 Å². The van der Waals surface area contributed by atoms with Crippen LogP contribution in [0.4, 0.5) is 0 Å². The van der Waals surface area contributed by atoms with Gasteiger partial charge in [0.25, 0.3) is 0 Å². The van der Waals surface area contributed by atoms with Crippen molar-refractivity contribution in [2.24, 2.45) is 0 Å². The van der Waals surface area contributed by atoms with Crippen molar-refractivity contribution < 1.29 is 21.6 Å². The summed E-state index contributed by atoms with van der Waals surface area (Å²) < 4.78 is 56.6. The Bertz CT molecular complexity index is 880. The smallest absolute Gasteiger partial charge is 0.240 e. The summed E-state index contributed by atoms with van der Waals surface area (Å²) in [6.45, 7) is 0.488. The van der Waals surface area contributed by atoms with Crippen molar-refractivity contribution in [1.29, 1.82) is 0 Å². The van der Waals surface area contributed by atoms with Gasteiger partial charge in [-0.05, 0) is 29.8 Å². The number of sulfonamides is 2. The molecule has 0 aliphatic carbocycles. The number of hydrogen-bond donors (Lipinski definition) is 2. The molecule has 0 unspecified atom stereocenters. The Balaban J connectivity index is 1.89. The third kappa shape index (κ3) is 6.83. The van der Waals surface area contributed by atoms with Gasteiger partial charge in [0.2, 0.25) is 20.0 Å². The molecule has 0 aliphatic heterocycles. The van der Waals surface area contributed by atoms with E-state index in [1.165, 1.54) is 24.3 Å². The maximum atomic E-state index is 12.3. The van der Waals surface area contributed by atoms with E-state index in [0.29, 0.717) is 5.75 Å². The van der Waals surface area contributed by atoms with Crippen LogP contribution < -0.4 is 14.2 Å². The topological polar surface area (TPSA) is 102 Å². The fourth-order valence-electron chi connectivity index (χ4n) is 1.97. The van der Waals surface area contributed by atoms with Crippen LogP contribution in [0.15, 0.2) is 59.5 Å². The van der Waals surface area contributed by atoms with Crippen LogP contribution in [0, 0.1) is 0 Å². The van der Waals surface area contributed by atoms with Gasteiger partial charge in [0, 0.05) is 13.1 Å². The van der Waals surface area contributed by atoms with Gasteiger partial charge >= 0.3 is 0 Å². The van der Waals surface area contributed by atoms with Crippen LogP contribution >= 0.6 is 0 Å². The van der Waals surface area contributed by atoms with Gasteiger partial charge in [-0.25, -0.2) is 26.3 Å². The van der Waals surface area contributed by atoms with E-state index in [-0.39, 0.29) is 24.6 Å². The molecule has 0 atom stereocenters. The molecular formula is C16H20N2O5S2. The molecule has 7 nitrogen and oxygen atoms in total. The summed E-state index contributed by atoms with van der Waals surface area (Å²) in [5, 5.41) is 0. The highest BCUT2D eigenvalue weighted by molar-refractivity contribution is 7.89. The molecule has 0 aromatic heterocycles. The summed E-state index contributed by atoms with van der Waals surface area (Å²) in [5.74, 6) is 0.456. The fraction of sp³-hybridized carbons (Fsp3) is 0.250. The third-order valence-electron chi connectivity index (χ3n) is 3.18. The second-order valence-electron chi connectivity index (χ2n) is 5.30. The molecular weight excluding hydrogens is 364 g/mol. The van der Waals surface area contributed by atoms with Crippen molar-refractivity contribution in [3.05, 3.63) is 60.2 Å². The fourth-order valence-corrected chi connectivity index (χ4v) is 3.44. The second-order valence-corrected chi connectivity index (χ2v) is 8.90. The molecule has 2 N–H and O–H groups in total. The van der Waals surface area contributed by atoms with E-state index in [9.17, 15) is 16.8 Å². The molecule has 0 saturated carbocycles. The molecule has 0 heterocycles. The number of hydrogen-bond acceptors (Lipinski definition) is 5. The second kappa shape index (κ2) is 8.43. The van der Waals surface area contributed by atoms with E-state index in [1.807, 2.05) is 30.3 Å². The lowest BCUT2D eigenvalue weighted by atomic mass is 10.2. The Morgan fingerprint density at radius 1 is 0.880 bits per heavy atom. The van der Waals surface area contributed by atoms with Crippen molar-refractivity contribution in [3.8, 4) is 5.75 Å². The quantitative estimate of drug-likeness (QED) is 0.630. The van der Waals surface area contributed by atoms with Gasteiger partial charge in [-0.1, -0.05) is 30.3 Å². The van der Waals surface area contributed by atoms with Crippen molar-refractivity contribution >= 4 is 20.0 Å². The third-order valence-corrected chi connectivity index (χ3v) is 5.32. The number of benzene rings is 2. The molecule has 25 heavy (non-hydrogen) atoms. The number of nitrogens with one attached hydrogen (secondary N) is 2. The first-order valence-corrected chi connectivity index (χ1v) is 10.8. The summed E-state index contributed by atoms with van der Waals surface area (Å²) in [7, 11) is -6.87. The zero-order valence-electron chi connectivity index (χ0n) is 13.7. The van der Waals surface area contributed by atoms with Gasteiger partial charge in [-0.3, -0.25) is 0 Å². The lowest BCUT2D eigenvalue weighted by Crippen LogP contribution is -2.26. The molecule has 0 spiro atoms. The maximum Gasteiger partial charge on any atom is 0.240 e. The Kier molecular flexibility index (Phi) is 6.54. The first kappa shape index (κ1) is 19.4. The predicted molar refractivity (Wildman–Crippen MR) is 95.3 cm³/mol. The number of rotatable bonds is 9. The minimum absolute atomic E-state index is 0.130. The van der Waals surface area contributed by atoms with Crippen molar-refractivity contribution in [1.82, 2.24) is 9.44 Å². The summed E-state index contributed by atoms with van der Waals surface area (Å²) >= 11 is 0. The average Bonchev–Trinajstić information content (AvgIpc) is 2.58. The molecule has 0 radical (unpaired) electrons. The maximum absolute atomic E-state index is 12.3. The Morgan fingerprint density at radius 2 is 1.52 bits per heavy atom. The van der Waals surface area contributed by atoms with E-state index in [0.717, 1.165) is 11.8 Å². The van der Waals surface area contributed by atoms with E-state index < -0.39 is 20.0 Å². The standard InChI is InChI=1S/C16H20N2O5S2/c1-24(19,20)17-11-12-23-15-7-9-16(10-8-15)25(21,22)18-13-14-5-3-2-4-6-14/h2-10,17-18H,11-13H2,1H3. The Hall–Kier alpha value is -1.94. The lowest BCUT2D eigenvalue weighted by Gasteiger charge is -2.09. The largest absolute Gasteiger partial charge is 0.492 e.